The van der Waals surface area contributed by atoms with Gasteiger partial charge in [0, 0.05) is 19.0 Å². The highest BCUT2D eigenvalue weighted by Gasteiger charge is 2.35. The second-order valence-electron chi connectivity index (χ2n) is 11.0. The van der Waals surface area contributed by atoms with Gasteiger partial charge < -0.3 is 15.0 Å². The molecule has 0 aliphatic heterocycles. The molecule has 8 nitrogen and oxygen atoms in total. The van der Waals surface area contributed by atoms with Crippen LogP contribution in [0.4, 0.5) is 5.69 Å². The van der Waals surface area contributed by atoms with Crippen LogP contribution in [0.15, 0.2) is 114 Å². The van der Waals surface area contributed by atoms with Crippen molar-refractivity contribution in [2.75, 3.05) is 18.0 Å². The summed E-state index contributed by atoms with van der Waals surface area (Å²) in [6, 6.07) is 30.8. The molecule has 4 aromatic carbocycles. The Morgan fingerprint density at radius 2 is 1.44 bits per heavy atom. The van der Waals surface area contributed by atoms with Crippen molar-refractivity contribution in [1.82, 2.24) is 10.2 Å². The van der Waals surface area contributed by atoms with E-state index < -0.39 is 28.5 Å². The van der Waals surface area contributed by atoms with E-state index in [1.54, 1.807) is 42.5 Å². The second-order valence-corrected chi connectivity index (χ2v) is 12.8. The van der Waals surface area contributed by atoms with Crippen molar-refractivity contribution in [2.24, 2.45) is 0 Å². The maximum atomic E-state index is 14.6. The van der Waals surface area contributed by atoms with Crippen LogP contribution >= 0.6 is 0 Å². The lowest BCUT2D eigenvalue weighted by atomic mass is 10.0. The van der Waals surface area contributed by atoms with Gasteiger partial charge in [0.05, 0.1) is 17.7 Å². The van der Waals surface area contributed by atoms with Gasteiger partial charge in [-0.2, -0.15) is 0 Å². The number of nitrogens with zero attached hydrogens (tertiary/aromatic N) is 2. The molecule has 0 heterocycles. The average molecular weight is 628 g/mol. The maximum absolute atomic E-state index is 14.6. The number of rotatable bonds is 14. The van der Waals surface area contributed by atoms with E-state index in [0.29, 0.717) is 12.2 Å². The van der Waals surface area contributed by atoms with Gasteiger partial charge in [0.15, 0.2) is 0 Å². The second kappa shape index (κ2) is 15.4. The Balaban J connectivity index is 1.84. The molecule has 1 N–H and O–H groups in total. The summed E-state index contributed by atoms with van der Waals surface area (Å²) in [5.41, 5.74) is 2.91. The van der Waals surface area contributed by atoms with Crippen LogP contribution in [0, 0.1) is 6.92 Å². The predicted octanol–water partition coefficient (Wildman–Crippen LogP) is 5.75. The summed E-state index contributed by atoms with van der Waals surface area (Å²) in [4.78, 5) is 30.1. The fraction of sp³-hybridized carbons (Fsp3) is 0.278. The number of benzene rings is 4. The van der Waals surface area contributed by atoms with Gasteiger partial charge in [-0.25, -0.2) is 8.42 Å². The first-order valence-electron chi connectivity index (χ1n) is 15.0. The number of hydrogen-bond donors (Lipinski definition) is 1. The molecular weight excluding hydrogens is 586 g/mol. The Hall–Kier alpha value is -4.63. The zero-order valence-corrected chi connectivity index (χ0v) is 27.0. The highest BCUT2D eigenvalue weighted by Crippen LogP contribution is 2.32. The number of ether oxygens (including phenoxy) is 1. The number of nitrogens with one attached hydrogen (secondary N) is 1. The minimum atomic E-state index is -4.22. The molecule has 0 aliphatic carbocycles. The SMILES string of the molecule is CC[C@@H](C)NC(=O)[C@H](Cc1ccccc1)N(Cc1ccccc1C)C(=O)CN(c1ccccc1OC)S(=O)(=O)c1ccccc1. The number of aryl methyl sites for hydroxylation is 1. The molecular formula is C36H41N3O5S. The van der Waals surface area contributed by atoms with Gasteiger partial charge in [-0.3, -0.25) is 13.9 Å². The molecule has 2 atom stereocenters. The lowest BCUT2D eigenvalue weighted by Crippen LogP contribution is -2.54. The summed E-state index contributed by atoms with van der Waals surface area (Å²) in [7, 11) is -2.77. The number of para-hydroxylation sites is 2. The van der Waals surface area contributed by atoms with Gasteiger partial charge in [0.1, 0.15) is 18.3 Å². The number of amides is 2. The standard InChI is InChI=1S/C36H41N3O5S/c1-5-28(3)37-36(41)33(24-29-17-8-6-9-18-29)38(25-30-19-13-12-16-27(30)2)35(40)26-39(32-22-14-15-23-34(32)44-4)45(42,43)31-20-10-7-11-21-31/h6-23,28,33H,5,24-26H2,1-4H3,(H,37,41)/t28-,33+/m1/s1. The van der Waals surface area contributed by atoms with Gasteiger partial charge in [-0.15, -0.1) is 0 Å². The fourth-order valence-electron chi connectivity index (χ4n) is 5.03. The third kappa shape index (κ3) is 8.30. The maximum Gasteiger partial charge on any atom is 0.264 e. The van der Waals surface area contributed by atoms with Crippen LogP contribution in [0.1, 0.15) is 37.0 Å². The quantitative estimate of drug-likeness (QED) is 0.192. The van der Waals surface area contributed by atoms with Crippen molar-refractivity contribution in [2.45, 2.75) is 57.1 Å². The zero-order valence-electron chi connectivity index (χ0n) is 26.2. The first kappa shape index (κ1) is 33.3. The molecule has 0 bridgehead atoms. The summed E-state index contributed by atoms with van der Waals surface area (Å²) in [5.74, 6) is -0.528. The fourth-order valence-corrected chi connectivity index (χ4v) is 6.48. The van der Waals surface area contributed by atoms with Gasteiger partial charge in [-0.1, -0.05) is 91.9 Å². The van der Waals surface area contributed by atoms with Crippen LogP contribution in [-0.4, -0.2) is 50.9 Å². The van der Waals surface area contributed by atoms with Crippen LogP contribution in [0.5, 0.6) is 5.75 Å². The zero-order chi connectivity index (χ0) is 32.4. The highest BCUT2D eigenvalue weighted by atomic mass is 32.2. The molecule has 0 aromatic heterocycles. The number of sulfonamides is 1. The lowest BCUT2D eigenvalue weighted by Gasteiger charge is -2.34. The Morgan fingerprint density at radius 3 is 2.09 bits per heavy atom. The molecule has 0 saturated carbocycles. The molecule has 4 rings (SSSR count). The average Bonchev–Trinajstić information content (AvgIpc) is 3.06. The third-order valence-electron chi connectivity index (χ3n) is 7.84. The van der Waals surface area contributed by atoms with Crippen LogP contribution in [-0.2, 0) is 32.6 Å². The molecule has 9 heteroatoms. The molecule has 0 fully saturated rings. The van der Waals surface area contributed by atoms with Crippen molar-refractivity contribution in [1.29, 1.82) is 0 Å². The van der Waals surface area contributed by atoms with Crippen LogP contribution in [0.25, 0.3) is 0 Å². The first-order valence-corrected chi connectivity index (χ1v) is 16.5. The minimum Gasteiger partial charge on any atom is -0.495 e. The molecule has 4 aromatic rings. The topological polar surface area (TPSA) is 96.0 Å². The number of carbonyl (C=O) groups is 2. The predicted molar refractivity (Wildman–Crippen MR) is 178 cm³/mol. The van der Waals surface area contributed by atoms with Gasteiger partial charge in [0.2, 0.25) is 11.8 Å². The lowest BCUT2D eigenvalue weighted by molar-refractivity contribution is -0.140. The van der Waals surface area contributed by atoms with Crippen LogP contribution in [0.2, 0.25) is 0 Å². The molecule has 236 valence electrons. The molecule has 0 saturated heterocycles. The molecule has 0 aliphatic rings. The van der Waals surface area contributed by atoms with Crippen LogP contribution in [0.3, 0.4) is 0 Å². The number of hydrogen-bond acceptors (Lipinski definition) is 5. The molecule has 0 radical (unpaired) electrons. The van der Waals surface area contributed by atoms with E-state index in [4.69, 9.17) is 4.74 Å². The van der Waals surface area contributed by atoms with Crippen LogP contribution < -0.4 is 14.4 Å². The number of methoxy groups -OCH3 is 1. The summed E-state index contributed by atoms with van der Waals surface area (Å²) in [5, 5.41) is 3.06. The summed E-state index contributed by atoms with van der Waals surface area (Å²) in [6.07, 6.45) is 0.966. The largest absolute Gasteiger partial charge is 0.495 e. The van der Waals surface area contributed by atoms with E-state index >= 15 is 0 Å². The van der Waals surface area contributed by atoms with E-state index in [2.05, 4.69) is 5.32 Å². The smallest absolute Gasteiger partial charge is 0.264 e. The number of anilines is 1. The van der Waals surface area contributed by atoms with Crippen molar-refractivity contribution in [3.63, 3.8) is 0 Å². The monoisotopic (exact) mass is 627 g/mol. The van der Waals surface area contributed by atoms with Crippen molar-refractivity contribution >= 4 is 27.5 Å². The highest BCUT2D eigenvalue weighted by molar-refractivity contribution is 7.92. The van der Waals surface area contributed by atoms with Gasteiger partial charge >= 0.3 is 0 Å². The summed E-state index contributed by atoms with van der Waals surface area (Å²) < 4.78 is 34.9. The first-order chi connectivity index (χ1) is 21.6. The Bertz CT molecular complexity index is 1680. The van der Waals surface area contributed by atoms with E-state index in [0.717, 1.165) is 21.0 Å². The third-order valence-corrected chi connectivity index (χ3v) is 9.61. The van der Waals surface area contributed by atoms with E-state index in [1.165, 1.54) is 24.1 Å². The molecule has 45 heavy (non-hydrogen) atoms. The molecule has 0 unspecified atom stereocenters. The number of carbonyl (C=O) groups excluding carboxylic acids is 2. The van der Waals surface area contributed by atoms with Crippen molar-refractivity contribution < 1.29 is 22.7 Å². The van der Waals surface area contributed by atoms with E-state index in [1.807, 2.05) is 75.4 Å². The van der Waals surface area contributed by atoms with Crippen molar-refractivity contribution in [3.8, 4) is 5.75 Å². The summed E-state index contributed by atoms with van der Waals surface area (Å²) >= 11 is 0. The van der Waals surface area contributed by atoms with Gasteiger partial charge in [0.25, 0.3) is 10.0 Å². The van der Waals surface area contributed by atoms with E-state index in [9.17, 15) is 18.0 Å². The molecule has 0 spiro atoms. The Morgan fingerprint density at radius 1 is 0.844 bits per heavy atom. The van der Waals surface area contributed by atoms with Crippen molar-refractivity contribution in [3.05, 3.63) is 126 Å². The van der Waals surface area contributed by atoms with E-state index in [-0.39, 0.29) is 35.5 Å². The Labute approximate surface area is 266 Å². The molecule has 2 amide bonds. The minimum absolute atomic E-state index is 0.0320. The Kier molecular flexibility index (Phi) is 11.4. The normalized spacial score (nSPS) is 12.5. The van der Waals surface area contributed by atoms with Gasteiger partial charge in [-0.05, 0) is 61.2 Å². The summed E-state index contributed by atoms with van der Waals surface area (Å²) in [6.45, 7) is 5.41.